The van der Waals surface area contributed by atoms with Crippen molar-refractivity contribution in [2.75, 3.05) is 36.8 Å². The van der Waals surface area contributed by atoms with Crippen molar-refractivity contribution in [1.82, 2.24) is 19.9 Å². The first-order valence-electron chi connectivity index (χ1n) is 9.04. The van der Waals surface area contributed by atoms with Crippen LogP contribution in [0.4, 0.5) is 16.0 Å². The van der Waals surface area contributed by atoms with Gasteiger partial charge in [-0.2, -0.15) is 0 Å². The van der Waals surface area contributed by atoms with Crippen LogP contribution in [0.5, 0.6) is 0 Å². The Morgan fingerprint density at radius 3 is 2.39 bits per heavy atom. The van der Waals surface area contributed by atoms with Gasteiger partial charge >= 0.3 is 0 Å². The predicted octanol–water partition coefficient (Wildman–Crippen LogP) is 3.24. The van der Waals surface area contributed by atoms with Gasteiger partial charge in [-0.1, -0.05) is 29.8 Å². The van der Waals surface area contributed by atoms with Gasteiger partial charge in [-0.3, -0.25) is 4.90 Å². The molecule has 0 radical (unpaired) electrons. The molecule has 144 valence electrons. The SMILES string of the molecule is Nc1ncnc(N2CCN(Cc3ccc(Cl)nc3)CC2)c1-c1ccc(F)cc1. The summed E-state index contributed by atoms with van der Waals surface area (Å²) in [7, 11) is 0. The number of nitrogen functional groups attached to an aromatic ring is 1. The van der Waals surface area contributed by atoms with Gasteiger partial charge in [-0.05, 0) is 29.3 Å². The summed E-state index contributed by atoms with van der Waals surface area (Å²) < 4.78 is 13.3. The lowest BCUT2D eigenvalue weighted by molar-refractivity contribution is 0.249. The van der Waals surface area contributed by atoms with Gasteiger partial charge < -0.3 is 10.6 Å². The minimum absolute atomic E-state index is 0.286. The first-order valence-corrected chi connectivity index (χ1v) is 9.42. The maximum atomic E-state index is 13.3. The van der Waals surface area contributed by atoms with Gasteiger partial charge in [0.2, 0.25) is 0 Å². The van der Waals surface area contributed by atoms with E-state index in [9.17, 15) is 4.39 Å². The van der Waals surface area contributed by atoms with Crippen LogP contribution in [0.15, 0.2) is 48.9 Å². The summed E-state index contributed by atoms with van der Waals surface area (Å²) in [6.07, 6.45) is 3.29. The zero-order valence-electron chi connectivity index (χ0n) is 15.2. The van der Waals surface area contributed by atoms with Crippen molar-refractivity contribution in [3.05, 3.63) is 65.5 Å². The first-order chi connectivity index (χ1) is 13.6. The largest absolute Gasteiger partial charge is 0.383 e. The third-order valence-electron chi connectivity index (χ3n) is 4.86. The number of nitrogens with zero attached hydrogens (tertiary/aromatic N) is 5. The minimum atomic E-state index is -0.286. The molecular formula is C20H20ClFN6. The maximum Gasteiger partial charge on any atom is 0.142 e. The summed E-state index contributed by atoms with van der Waals surface area (Å²) in [4.78, 5) is 17.3. The Bertz CT molecular complexity index is 940. The van der Waals surface area contributed by atoms with Gasteiger partial charge in [0.15, 0.2) is 0 Å². The number of rotatable bonds is 4. The summed E-state index contributed by atoms with van der Waals surface area (Å²) in [5.74, 6) is 0.893. The molecule has 0 unspecified atom stereocenters. The number of piperazine rings is 1. The second-order valence-electron chi connectivity index (χ2n) is 6.72. The van der Waals surface area contributed by atoms with Crippen LogP contribution < -0.4 is 10.6 Å². The Morgan fingerprint density at radius 2 is 1.71 bits per heavy atom. The molecule has 1 saturated heterocycles. The molecule has 0 spiro atoms. The molecule has 28 heavy (non-hydrogen) atoms. The van der Waals surface area contributed by atoms with Crippen LogP contribution in [-0.2, 0) is 6.54 Å². The van der Waals surface area contributed by atoms with Crippen molar-refractivity contribution >= 4 is 23.2 Å². The van der Waals surface area contributed by atoms with Crippen LogP contribution >= 0.6 is 11.6 Å². The number of anilines is 2. The Morgan fingerprint density at radius 1 is 0.964 bits per heavy atom. The van der Waals surface area contributed by atoms with Crippen LogP contribution in [-0.4, -0.2) is 46.0 Å². The van der Waals surface area contributed by atoms with Crippen LogP contribution in [0.1, 0.15) is 5.56 Å². The molecule has 1 aromatic carbocycles. The molecule has 1 aliphatic heterocycles. The van der Waals surface area contributed by atoms with Crippen LogP contribution in [0.3, 0.4) is 0 Å². The van der Waals surface area contributed by atoms with Gasteiger partial charge in [0.1, 0.15) is 28.9 Å². The lowest BCUT2D eigenvalue weighted by Crippen LogP contribution is -2.46. The monoisotopic (exact) mass is 398 g/mol. The number of halogens is 2. The number of hydrogen-bond donors (Lipinski definition) is 1. The molecule has 2 aromatic heterocycles. The zero-order chi connectivity index (χ0) is 19.5. The Labute approximate surface area is 167 Å². The average molecular weight is 399 g/mol. The van der Waals surface area contributed by atoms with E-state index in [0.29, 0.717) is 11.0 Å². The van der Waals surface area contributed by atoms with E-state index < -0.39 is 0 Å². The highest BCUT2D eigenvalue weighted by Gasteiger charge is 2.22. The van der Waals surface area contributed by atoms with Crippen molar-refractivity contribution in [2.24, 2.45) is 0 Å². The molecule has 3 aromatic rings. The molecule has 0 atom stereocenters. The lowest BCUT2D eigenvalue weighted by Gasteiger charge is -2.36. The fourth-order valence-electron chi connectivity index (χ4n) is 3.40. The standard InChI is InChI=1S/C20H20ClFN6/c21-17-6-1-14(11-24-17)12-27-7-9-28(10-8-27)20-18(19(23)25-13-26-20)15-2-4-16(22)5-3-15/h1-6,11,13H,7-10,12H2,(H2,23,25,26). The molecular weight excluding hydrogens is 379 g/mol. The second-order valence-corrected chi connectivity index (χ2v) is 7.10. The quantitative estimate of drug-likeness (QED) is 0.680. The molecule has 3 heterocycles. The number of aromatic nitrogens is 3. The molecule has 0 saturated carbocycles. The fraction of sp³-hybridized carbons (Fsp3) is 0.250. The minimum Gasteiger partial charge on any atom is -0.383 e. The average Bonchev–Trinajstić information content (AvgIpc) is 2.71. The van der Waals surface area contributed by atoms with E-state index in [1.165, 1.54) is 18.5 Å². The topological polar surface area (TPSA) is 71.2 Å². The Balaban J connectivity index is 1.49. The Hall–Kier alpha value is -2.77. The van der Waals surface area contributed by atoms with Gasteiger partial charge in [0.25, 0.3) is 0 Å². The lowest BCUT2D eigenvalue weighted by atomic mass is 10.1. The van der Waals surface area contributed by atoms with E-state index in [4.69, 9.17) is 17.3 Å². The molecule has 8 heteroatoms. The predicted molar refractivity (Wildman–Crippen MR) is 109 cm³/mol. The van der Waals surface area contributed by atoms with Crippen molar-refractivity contribution in [1.29, 1.82) is 0 Å². The van der Waals surface area contributed by atoms with Crippen LogP contribution in [0.25, 0.3) is 11.1 Å². The second kappa shape index (κ2) is 8.08. The number of benzene rings is 1. The normalized spacial score (nSPS) is 15.0. The van der Waals surface area contributed by atoms with E-state index in [2.05, 4.69) is 24.8 Å². The summed E-state index contributed by atoms with van der Waals surface area (Å²) in [5.41, 5.74) is 8.83. The first kappa shape index (κ1) is 18.6. The van der Waals surface area contributed by atoms with Gasteiger partial charge in [-0.15, -0.1) is 0 Å². The highest BCUT2D eigenvalue weighted by atomic mass is 35.5. The van der Waals surface area contributed by atoms with Crippen molar-refractivity contribution < 1.29 is 4.39 Å². The number of hydrogen-bond acceptors (Lipinski definition) is 6. The van der Waals surface area contributed by atoms with E-state index in [0.717, 1.165) is 55.2 Å². The molecule has 4 rings (SSSR count). The van der Waals surface area contributed by atoms with E-state index in [-0.39, 0.29) is 5.82 Å². The molecule has 2 N–H and O–H groups in total. The summed E-state index contributed by atoms with van der Waals surface area (Å²) in [6.45, 7) is 4.22. The Kier molecular flexibility index (Phi) is 5.36. The van der Waals surface area contributed by atoms with E-state index >= 15 is 0 Å². The third-order valence-corrected chi connectivity index (χ3v) is 5.08. The molecule has 6 nitrogen and oxygen atoms in total. The summed E-state index contributed by atoms with van der Waals surface area (Å²) in [5, 5.41) is 0.503. The zero-order valence-corrected chi connectivity index (χ0v) is 16.0. The van der Waals surface area contributed by atoms with E-state index in [1.54, 1.807) is 12.1 Å². The smallest absolute Gasteiger partial charge is 0.142 e. The van der Waals surface area contributed by atoms with E-state index in [1.807, 2.05) is 18.3 Å². The van der Waals surface area contributed by atoms with Crippen molar-refractivity contribution in [3.63, 3.8) is 0 Å². The van der Waals surface area contributed by atoms with Crippen molar-refractivity contribution in [2.45, 2.75) is 6.54 Å². The van der Waals surface area contributed by atoms with Crippen LogP contribution in [0, 0.1) is 5.82 Å². The maximum absolute atomic E-state index is 13.3. The number of nitrogens with two attached hydrogens (primary N) is 1. The van der Waals surface area contributed by atoms with Crippen LogP contribution in [0.2, 0.25) is 5.15 Å². The molecule has 0 bridgehead atoms. The highest BCUT2D eigenvalue weighted by Crippen LogP contribution is 2.33. The molecule has 0 amide bonds. The summed E-state index contributed by atoms with van der Waals surface area (Å²) in [6, 6.07) is 10.1. The van der Waals surface area contributed by atoms with Crippen molar-refractivity contribution in [3.8, 4) is 11.1 Å². The van der Waals surface area contributed by atoms with Gasteiger partial charge in [0.05, 0.1) is 5.56 Å². The third kappa shape index (κ3) is 4.05. The fourth-order valence-corrected chi connectivity index (χ4v) is 3.51. The van der Waals surface area contributed by atoms with Gasteiger partial charge in [-0.25, -0.2) is 19.3 Å². The highest BCUT2D eigenvalue weighted by molar-refractivity contribution is 6.29. The van der Waals surface area contributed by atoms with Gasteiger partial charge in [0, 0.05) is 38.9 Å². The summed E-state index contributed by atoms with van der Waals surface area (Å²) >= 11 is 5.85. The number of pyridine rings is 1. The molecule has 1 fully saturated rings. The molecule has 0 aliphatic carbocycles. The molecule has 1 aliphatic rings.